The number of nitrogens with one attached hydrogen (secondary N) is 1. The molecule has 1 aromatic carbocycles. The zero-order chi connectivity index (χ0) is 17.9. The largest absolute Gasteiger partial charge is 0.491 e. The van der Waals surface area contributed by atoms with E-state index in [1.165, 1.54) is 6.20 Å². The lowest BCUT2D eigenvalue weighted by molar-refractivity contribution is -0.0342. The number of para-hydroxylation sites is 1. The number of ether oxygens (including phenoxy) is 2. The minimum Gasteiger partial charge on any atom is -0.491 e. The second kappa shape index (κ2) is 7.06. The van der Waals surface area contributed by atoms with Crippen molar-refractivity contribution >= 4 is 5.91 Å². The minimum atomic E-state index is -0.587. The van der Waals surface area contributed by atoms with Crippen LogP contribution in [0, 0.1) is 6.92 Å². The molecule has 0 spiro atoms. The van der Waals surface area contributed by atoms with E-state index >= 15 is 0 Å². The Bertz CT molecular complexity index is 805. The van der Waals surface area contributed by atoms with Gasteiger partial charge in [0, 0.05) is 19.9 Å². The van der Waals surface area contributed by atoms with Crippen molar-refractivity contribution < 1.29 is 14.3 Å². The first-order valence-electron chi connectivity index (χ1n) is 8.11. The average Bonchev–Trinajstić information content (AvgIpc) is 3.06. The van der Waals surface area contributed by atoms with Crippen LogP contribution < -0.4 is 10.3 Å². The molecule has 132 valence electrons. The van der Waals surface area contributed by atoms with Gasteiger partial charge < -0.3 is 19.4 Å². The molecule has 1 saturated heterocycles. The van der Waals surface area contributed by atoms with Crippen LogP contribution >= 0.6 is 0 Å². The average molecular weight is 343 g/mol. The third kappa shape index (κ3) is 3.71. The van der Waals surface area contributed by atoms with Gasteiger partial charge in [0.1, 0.15) is 29.3 Å². The summed E-state index contributed by atoms with van der Waals surface area (Å²) in [7, 11) is 1.61. The number of carbonyl (C=O) groups is 1. The predicted molar refractivity (Wildman–Crippen MR) is 91.8 cm³/mol. The first-order valence-corrected chi connectivity index (χ1v) is 8.11. The highest BCUT2D eigenvalue weighted by Gasteiger charge is 2.41. The van der Waals surface area contributed by atoms with Crippen molar-refractivity contribution in [2.45, 2.75) is 18.9 Å². The van der Waals surface area contributed by atoms with E-state index in [9.17, 15) is 9.59 Å². The Kier molecular flexibility index (Phi) is 4.85. The summed E-state index contributed by atoms with van der Waals surface area (Å²) in [5, 5.41) is 0. The van der Waals surface area contributed by atoms with Crippen molar-refractivity contribution in [2.75, 3.05) is 26.8 Å². The van der Waals surface area contributed by atoms with Gasteiger partial charge in [-0.05, 0) is 25.5 Å². The standard InChI is InChI=1S/C18H21N3O4/c1-13-19-10-15(16(22)20-13)17(23)21-9-8-18(11-21,24-2)12-25-14-6-4-3-5-7-14/h3-7,10H,8-9,11-12H2,1-2H3,(H,19,20,22)/t18-/m0/s1. The Hall–Kier alpha value is -2.67. The molecule has 1 aliphatic rings. The van der Waals surface area contributed by atoms with Crippen LogP contribution in [-0.4, -0.2) is 53.2 Å². The molecule has 1 fully saturated rings. The number of nitrogens with zero attached hydrogens (tertiary/aromatic N) is 2. The monoisotopic (exact) mass is 343 g/mol. The Morgan fingerprint density at radius 1 is 1.36 bits per heavy atom. The fourth-order valence-electron chi connectivity index (χ4n) is 2.90. The van der Waals surface area contributed by atoms with Crippen molar-refractivity contribution in [3.63, 3.8) is 0 Å². The van der Waals surface area contributed by atoms with Crippen LogP contribution in [0.4, 0.5) is 0 Å². The maximum atomic E-state index is 12.6. The Morgan fingerprint density at radius 2 is 2.12 bits per heavy atom. The number of methoxy groups -OCH3 is 1. The summed E-state index contributed by atoms with van der Waals surface area (Å²) >= 11 is 0. The highest BCUT2D eigenvalue weighted by atomic mass is 16.5. The zero-order valence-electron chi connectivity index (χ0n) is 14.3. The van der Waals surface area contributed by atoms with E-state index in [4.69, 9.17) is 9.47 Å². The number of hydrogen-bond acceptors (Lipinski definition) is 5. The normalized spacial score (nSPS) is 19.8. The fourth-order valence-corrected chi connectivity index (χ4v) is 2.90. The molecule has 0 unspecified atom stereocenters. The van der Waals surface area contributed by atoms with Gasteiger partial charge in [-0.3, -0.25) is 9.59 Å². The number of hydrogen-bond donors (Lipinski definition) is 1. The van der Waals surface area contributed by atoms with Crippen LogP contribution in [0.5, 0.6) is 5.75 Å². The van der Waals surface area contributed by atoms with Crippen LogP contribution in [0.25, 0.3) is 0 Å². The summed E-state index contributed by atoms with van der Waals surface area (Å²) < 4.78 is 11.5. The molecule has 2 aromatic rings. The third-order valence-corrected chi connectivity index (χ3v) is 4.44. The van der Waals surface area contributed by atoms with Crippen LogP contribution in [-0.2, 0) is 4.74 Å². The molecule has 1 aliphatic heterocycles. The number of rotatable bonds is 5. The van der Waals surface area contributed by atoms with Gasteiger partial charge in [0.2, 0.25) is 0 Å². The van der Waals surface area contributed by atoms with Gasteiger partial charge >= 0.3 is 0 Å². The predicted octanol–water partition coefficient (Wildman–Crippen LogP) is 1.39. The lowest BCUT2D eigenvalue weighted by atomic mass is 10.0. The zero-order valence-corrected chi connectivity index (χ0v) is 14.3. The fraction of sp³-hybridized carbons (Fsp3) is 0.389. The molecular weight excluding hydrogens is 322 g/mol. The number of amides is 1. The molecule has 7 heteroatoms. The molecule has 1 N–H and O–H groups in total. The Balaban J connectivity index is 1.70. The van der Waals surface area contributed by atoms with E-state index in [1.807, 2.05) is 30.3 Å². The molecule has 1 atom stereocenters. The summed E-state index contributed by atoms with van der Waals surface area (Å²) in [6.45, 7) is 2.86. The number of H-pyrrole nitrogens is 1. The number of carbonyl (C=O) groups excluding carboxylic acids is 1. The van der Waals surface area contributed by atoms with E-state index < -0.39 is 11.2 Å². The van der Waals surface area contributed by atoms with Gasteiger partial charge in [0.25, 0.3) is 11.5 Å². The molecule has 3 rings (SSSR count). The molecule has 0 aliphatic carbocycles. The molecular formula is C18H21N3O4. The first kappa shape index (κ1) is 17.2. The molecule has 25 heavy (non-hydrogen) atoms. The van der Waals surface area contributed by atoms with E-state index in [2.05, 4.69) is 9.97 Å². The van der Waals surface area contributed by atoms with Gasteiger partial charge in [0.15, 0.2) is 0 Å². The van der Waals surface area contributed by atoms with Crippen LogP contribution in [0.15, 0.2) is 41.3 Å². The molecule has 1 amide bonds. The van der Waals surface area contributed by atoms with Crippen molar-refractivity contribution in [1.29, 1.82) is 0 Å². The highest BCUT2D eigenvalue weighted by Crippen LogP contribution is 2.27. The quantitative estimate of drug-likeness (QED) is 0.887. The molecule has 0 bridgehead atoms. The Labute approximate surface area is 145 Å². The van der Waals surface area contributed by atoms with Crippen molar-refractivity contribution in [3.8, 4) is 5.75 Å². The number of aromatic amines is 1. The molecule has 2 heterocycles. The maximum absolute atomic E-state index is 12.6. The van der Waals surface area contributed by atoms with Gasteiger partial charge in [-0.1, -0.05) is 18.2 Å². The summed E-state index contributed by atoms with van der Waals surface area (Å²) in [5.41, 5.74) is -0.967. The van der Waals surface area contributed by atoms with Gasteiger partial charge in [-0.15, -0.1) is 0 Å². The lowest BCUT2D eigenvalue weighted by Crippen LogP contribution is -2.43. The number of aromatic nitrogens is 2. The second-order valence-electron chi connectivity index (χ2n) is 6.18. The number of likely N-dealkylation sites (tertiary alicyclic amines) is 1. The minimum absolute atomic E-state index is 0.0430. The van der Waals surface area contributed by atoms with E-state index in [0.29, 0.717) is 31.9 Å². The van der Waals surface area contributed by atoms with E-state index in [0.717, 1.165) is 5.75 Å². The number of benzene rings is 1. The SMILES string of the molecule is CO[C@@]1(COc2ccccc2)CCN(C(=O)c2cnc(C)[nH]c2=O)C1. The molecule has 7 nitrogen and oxygen atoms in total. The summed E-state index contributed by atoms with van der Waals surface area (Å²) in [4.78, 5) is 32.8. The van der Waals surface area contributed by atoms with Gasteiger partial charge in [0.05, 0.1) is 6.54 Å². The van der Waals surface area contributed by atoms with Gasteiger partial charge in [-0.25, -0.2) is 4.98 Å². The van der Waals surface area contributed by atoms with E-state index in [1.54, 1.807) is 18.9 Å². The Morgan fingerprint density at radius 3 is 2.80 bits per heavy atom. The summed E-state index contributed by atoms with van der Waals surface area (Å²) in [6.07, 6.45) is 1.96. The lowest BCUT2D eigenvalue weighted by Gasteiger charge is -2.27. The highest BCUT2D eigenvalue weighted by molar-refractivity contribution is 5.93. The summed E-state index contributed by atoms with van der Waals surface area (Å²) in [5.74, 6) is 0.890. The van der Waals surface area contributed by atoms with Gasteiger partial charge in [-0.2, -0.15) is 0 Å². The molecule has 0 saturated carbocycles. The molecule has 1 aromatic heterocycles. The molecule has 0 radical (unpaired) electrons. The second-order valence-corrected chi connectivity index (χ2v) is 6.18. The first-order chi connectivity index (χ1) is 12.0. The van der Waals surface area contributed by atoms with Crippen LogP contribution in [0.3, 0.4) is 0 Å². The van der Waals surface area contributed by atoms with Crippen LogP contribution in [0.1, 0.15) is 22.6 Å². The number of aryl methyl sites for hydroxylation is 1. The van der Waals surface area contributed by atoms with Crippen molar-refractivity contribution in [1.82, 2.24) is 14.9 Å². The van der Waals surface area contributed by atoms with E-state index in [-0.39, 0.29) is 11.5 Å². The smallest absolute Gasteiger partial charge is 0.263 e. The van der Waals surface area contributed by atoms with Crippen LogP contribution in [0.2, 0.25) is 0 Å². The maximum Gasteiger partial charge on any atom is 0.263 e. The third-order valence-electron chi connectivity index (χ3n) is 4.44. The topological polar surface area (TPSA) is 84.5 Å². The van der Waals surface area contributed by atoms with Crippen molar-refractivity contribution in [3.05, 3.63) is 58.3 Å². The van der Waals surface area contributed by atoms with Crippen molar-refractivity contribution in [2.24, 2.45) is 0 Å². The summed E-state index contributed by atoms with van der Waals surface area (Å²) in [6, 6.07) is 9.46.